The van der Waals surface area contributed by atoms with Crippen LogP contribution >= 0.6 is 0 Å². The normalized spacial score (nSPS) is 18.9. The second kappa shape index (κ2) is 7.95. The standard InChI is InChI=1S/C20H29N3O/c1-15-7-8-17(12-16(15)2)20-18(13-21-22-20)14-23-10-5-4-6-19(23)9-11-24-3/h7-8,12-13,19H,4-6,9-11,14H2,1-3H3,(H,21,22). The molecular formula is C20H29N3O. The largest absolute Gasteiger partial charge is 0.385 e. The molecule has 1 aliphatic rings. The SMILES string of the molecule is COCCC1CCCCN1Cc1cn[nH]c1-c1ccc(C)c(C)c1. The van der Waals surface area contributed by atoms with E-state index in [2.05, 4.69) is 47.1 Å². The van der Waals surface area contributed by atoms with Gasteiger partial charge in [0.25, 0.3) is 0 Å². The summed E-state index contributed by atoms with van der Waals surface area (Å²) in [6, 6.07) is 7.27. The van der Waals surface area contributed by atoms with Gasteiger partial charge in [-0.25, -0.2) is 0 Å². The number of methoxy groups -OCH3 is 1. The minimum Gasteiger partial charge on any atom is -0.385 e. The van der Waals surface area contributed by atoms with Gasteiger partial charge >= 0.3 is 0 Å². The van der Waals surface area contributed by atoms with E-state index in [1.165, 1.54) is 48.1 Å². The molecule has 2 heterocycles. The van der Waals surface area contributed by atoms with Gasteiger partial charge in [0.1, 0.15) is 0 Å². The maximum absolute atomic E-state index is 5.30. The number of likely N-dealkylation sites (tertiary alicyclic amines) is 1. The molecule has 1 aliphatic heterocycles. The summed E-state index contributed by atoms with van der Waals surface area (Å²) in [6.45, 7) is 7.30. The summed E-state index contributed by atoms with van der Waals surface area (Å²) in [7, 11) is 1.79. The third-order valence-corrected chi connectivity index (χ3v) is 5.29. The smallest absolute Gasteiger partial charge is 0.0695 e. The van der Waals surface area contributed by atoms with Crippen molar-refractivity contribution in [2.75, 3.05) is 20.3 Å². The Morgan fingerprint density at radius 1 is 1.25 bits per heavy atom. The lowest BCUT2D eigenvalue weighted by Crippen LogP contribution is -2.39. The van der Waals surface area contributed by atoms with E-state index < -0.39 is 0 Å². The highest BCUT2D eigenvalue weighted by atomic mass is 16.5. The molecule has 0 amide bonds. The quantitative estimate of drug-likeness (QED) is 0.869. The number of rotatable bonds is 6. The van der Waals surface area contributed by atoms with Gasteiger partial charge in [-0.05, 0) is 56.8 Å². The molecule has 0 saturated carbocycles. The topological polar surface area (TPSA) is 41.1 Å². The van der Waals surface area contributed by atoms with Gasteiger partial charge in [-0.1, -0.05) is 18.6 Å². The van der Waals surface area contributed by atoms with Crippen LogP contribution in [0.25, 0.3) is 11.3 Å². The molecule has 2 aromatic rings. The summed E-state index contributed by atoms with van der Waals surface area (Å²) in [4.78, 5) is 2.61. The van der Waals surface area contributed by atoms with E-state index in [0.717, 1.165) is 25.3 Å². The first-order valence-electron chi connectivity index (χ1n) is 9.02. The molecule has 130 valence electrons. The van der Waals surface area contributed by atoms with Gasteiger partial charge in [0.05, 0.1) is 11.9 Å². The van der Waals surface area contributed by atoms with Crippen molar-refractivity contribution in [3.8, 4) is 11.3 Å². The number of ether oxygens (including phenoxy) is 1. The van der Waals surface area contributed by atoms with E-state index >= 15 is 0 Å². The Morgan fingerprint density at radius 2 is 2.12 bits per heavy atom. The molecule has 0 aliphatic carbocycles. The van der Waals surface area contributed by atoms with Gasteiger partial charge < -0.3 is 4.74 Å². The van der Waals surface area contributed by atoms with Crippen molar-refractivity contribution in [1.29, 1.82) is 0 Å². The zero-order chi connectivity index (χ0) is 16.9. The molecule has 1 atom stereocenters. The van der Waals surface area contributed by atoms with Crippen LogP contribution in [-0.4, -0.2) is 41.4 Å². The number of aromatic amines is 1. The Kier molecular flexibility index (Phi) is 5.69. The van der Waals surface area contributed by atoms with Crippen molar-refractivity contribution in [3.63, 3.8) is 0 Å². The lowest BCUT2D eigenvalue weighted by Gasteiger charge is -2.35. The second-order valence-corrected chi connectivity index (χ2v) is 6.97. The van der Waals surface area contributed by atoms with Crippen LogP contribution in [0.1, 0.15) is 42.4 Å². The first-order chi connectivity index (χ1) is 11.7. The van der Waals surface area contributed by atoms with Gasteiger partial charge in [-0.15, -0.1) is 0 Å². The average Bonchev–Trinajstić information content (AvgIpc) is 3.05. The highest BCUT2D eigenvalue weighted by molar-refractivity contribution is 5.64. The van der Waals surface area contributed by atoms with Crippen molar-refractivity contribution >= 4 is 0 Å². The summed E-state index contributed by atoms with van der Waals surface area (Å²) in [5, 5.41) is 7.54. The molecule has 4 nitrogen and oxygen atoms in total. The molecule has 3 rings (SSSR count). The van der Waals surface area contributed by atoms with Crippen LogP contribution in [-0.2, 0) is 11.3 Å². The van der Waals surface area contributed by atoms with Crippen LogP contribution < -0.4 is 0 Å². The summed E-state index contributed by atoms with van der Waals surface area (Å²) in [6.07, 6.45) is 7.01. The highest BCUT2D eigenvalue weighted by Gasteiger charge is 2.23. The van der Waals surface area contributed by atoms with Gasteiger partial charge in [-0.2, -0.15) is 5.10 Å². The second-order valence-electron chi connectivity index (χ2n) is 6.97. The van der Waals surface area contributed by atoms with Crippen molar-refractivity contribution < 1.29 is 4.74 Å². The summed E-state index contributed by atoms with van der Waals surface area (Å²) >= 11 is 0. The zero-order valence-electron chi connectivity index (χ0n) is 15.1. The fourth-order valence-corrected chi connectivity index (χ4v) is 3.65. The van der Waals surface area contributed by atoms with Crippen LogP contribution in [0, 0.1) is 13.8 Å². The minimum absolute atomic E-state index is 0.626. The first-order valence-corrected chi connectivity index (χ1v) is 9.02. The number of H-pyrrole nitrogens is 1. The van der Waals surface area contributed by atoms with E-state index in [-0.39, 0.29) is 0 Å². The third-order valence-electron chi connectivity index (χ3n) is 5.29. The molecule has 1 fully saturated rings. The molecular weight excluding hydrogens is 298 g/mol. The Labute approximate surface area is 145 Å². The molecule has 4 heteroatoms. The number of nitrogens with zero attached hydrogens (tertiary/aromatic N) is 2. The zero-order valence-corrected chi connectivity index (χ0v) is 15.1. The van der Waals surface area contributed by atoms with Crippen molar-refractivity contribution in [2.45, 2.75) is 52.1 Å². The average molecular weight is 327 g/mol. The maximum atomic E-state index is 5.30. The Morgan fingerprint density at radius 3 is 2.92 bits per heavy atom. The van der Waals surface area contributed by atoms with E-state index in [1.807, 2.05) is 6.20 Å². The molecule has 1 unspecified atom stereocenters. The van der Waals surface area contributed by atoms with E-state index in [4.69, 9.17) is 4.74 Å². The highest BCUT2D eigenvalue weighted by Crippen LogP contribution is 2.27. The summed E-state index contributed by atoms with van der Waals surface area (Å²) in [5.41, 5.74) is 6.34. The molecule has 24 heavy (non-hydrogen) atoms. The van der Waals surface area contributed by atoms with Gasteiger partial charge in [0, 0.05) is 37.4 Å². The number of piperidine rings is 1. The van der Waals surface area contributed by atoms with Crippen LogP contribution in [0.4, 0.5) is 0 Å². The molecule has 1 saturated heterocycles. The monoisotopic (exact) mass is 327 g/mol. The Balaban J connectivity index is 1.78. The fraction of sp³-hybridized carbons (Fsp3) is 0.550. The van der Waals surface area contributed by atoms with E-state index in [9.17, 15) is 0 Å². The molecule has 0 bridgehead atoms. The van der Waals surface area contributed by atoms with Crippen molar-refractivity contribution in [2.24, 2.45) is 0 Å². The van der Waals surface area contributed by atoms with Crippen LogP contribution in [0.5, 0.6) is 0 Å². The van der Waals surface area contributed by atoms with Gasteiger partial charge in [-0.3, -0.25) is 10.00 Å². The molecule has 1 aromatic carbocycles. The third kappa shape index (κ3) is 3.87. The fourth-order valence-electron chi connectivity index (χ4n) is 3.65. The minimum atomic E-state index is 0.626. The number of aryl methyl sites for hydroxylation is 2. The van der Waals surface area contributed by atoms with Crippen molar-refractivity contribution in [3.05, 3.63) is 41.1 Å². The number of aromatic nitrogens is 2. The summed E-state index contributed by atoms with van der Waals surface area (Å²) < 4.78 is 5.30. The number of hydrogen-bond acceptors (Lipinski definition) is 3. The maximum Gasteiger partial charge on any atom is 0.0695 e. The predicted molar refractivity (Wildman–Crippen MR) is 98.0 cm³/mol. The van der Waals surface area contributed by atoms with Crippen molar-refractivity contribution in [1.82, 2.24) is 15.1 Å². The number of hydrogen-bond donors (Lipinski definition) is 1. The Bertz CT molecular complexity index is 665. The van der Waals surface area contributed by atoms with Crippen LogP contribution in [0.2, 0.25) is 0 Å². The predicted octanol–water partition coefficient (Wildman–Crippen LogP) is 4.08. The molecule has 1 N–H and O–H groups in total. The molecule has 0 spiro atoms. The van der Waals surface area contributed by atoms with Crippen LogP contribution in [0.15, 0.2) is 24.4 Å². The molecule has 1 aromatic heterocycles. The number of nitrogens with one attached hydrogen (secondary N) is 1. The van der Waals surface area contributed by atoms with Gasteiger partial charge in [0.2, 0.25) is 0 Å². The number of benzene rings is 1. The van der Waals surface area contributed by atoms with E-state index in [0.29, 0.717) is 6.04 Å². The van der Waals surface area contributed by atoms with Gasteiger partial charge in [0.15, 0.2) is 0 Å². The van der Waals surface area contributed by atoms with Crippen LogP contribution in [0.3, 0.4) is 0 Å². The first kappa shape index (κ1) is 17.2. The molecule has 0 radical (unpaired) electrons. The lowest BCUT2D eigenvalue weighted by atomic mass is 9.97. The Hall–Kier alpha value is -1.65. The summed E-state index contributed by atoms with van der Waals surface area (Å²) in [5.74, 6) is 0. The van der Waals surface area contributed by atoms with E-state index in [1.54, 1.807) is 7.11 Å². The lowest BCUT2D eigenvalue weighted by molar-refractivity contribution is 0.0975.